The van der Waals surface area contributed by atoms with E-state index in [-0.39, 0.29) is 0 Å². The molecule has 0 bridgehead atoms. The number of hydrogen-bond acceptors (Lipinski definition) is 2. The van der Waals surface area contributed by atoms with Crippen molar-refractivity contribution < 1.29 is 4.74 Å². The maximum atomic E-state index is 5.49. The van der Waals surface area contributed by atoms with Gasteiger partial charge in [-0.25, -0.2) is 0 Å². The van der Waals surface area contributed by atoms with Crippen molar-refractivity contribution >= 4 is 11.6 Å². The first kappa shape index (κ1) is 10.2. The molecule has 0 rings (SSSR count). The van der Waals surface area contributed by atoms with Gasteiger partial charge in [0, 0.05) is 19.0 Å². The number of rotatable bonds is 6. The SMILES string of the molecule is COCC(C)NCCCCl. The maximum Gasteiger partial charge on any atom is 0.0613 e. The minimum atomic E-state index is 0.438. The first-order valence-electron chi connectivity index (χ1n) is 3.59. The molecule has 0 saturated carbocycles. The Hall–Kier alpha value is 0.210. The summed E-state index contributed by atoms with van der Waals surface area (Å²) < 4.78 is 4.94. The van der Waals surface area contributed by atoms with Crippen LogP contribution in [0.25, 0.3) is 0 Å². The molecular formula is C7H16ClNO. The van der Waals surface area contributed by atoms with Crippen molar-refractivity contribution in [3.63, 3.8) is 0 Å². The van der Waals surface area contributed by atoms with Gasteiger partial charge < -0.3 is 10.1 Å². The predicted molar refractivity (Wildman–Crippen MR) is 44.7 cm³/mol. The van der Waals surface area contributed by atoms with E-state index in [1.54, 1.807) is 7.11 Å². The smallest absolute Gasteiger partial charge is 0.0613 e. The van der Waals surface area contributed by atoms with Gasteiger partial charge in [-0.05, 0) is 19.9 Å². The number of ether oxygens (including phenoxy) is 1. The van der Waals surface area contributed by atoms with Gasteiger partial charge in [-0.2, -0.15) is 0 Å². The van der Waals surface area contributed by atoms with E-state index in [4.69, 9.17) is 16.3 Å². The van der Waals surface area contributed by atoms with Crippen LogP contribution in [0.2, 0.25) is 0 Å². The Morgan fingerprint density at radius 3 is 2.80 bits per heavy atom. The number of nitrogens with one attached hydrogen (secondary N) is 1. The molecule has 1 unspecified atom stereocenters. The molecular weight excluding hydrogens is 150 g/mol. The van der Waals surface area contributed by atoms with Crippen molar-refractivity contribution in [2.75, 3.05) is 26.1 Å². The molecule has 0 spiro atoms. The molecule has 2 nitrogen and oxygen atoms in total. The van der Waals surface area contributed by atoms with Crippen LogP contribution < -0.4 is 5.32 Å². The van der Waals surface area contributed by atoms with Crippen LogP contribution in [0.15, 0.2) is 0 Å². The van der Waals surface area contributed by atoms with E-state index in [1.165, 1.54) is 0 Å². The molecule has 0 saturated heterocycles. The summed E-state index contributed by atoms with van der Waals surface area (Å²) in [5.41, 5.74) is 0. The average Bonchev–Trinajstić information content (AvgIpc) is 1.89. The second-order valence-electron chi connectivity index (χ2n) is 2.35. The van der Waals surface area contributed by atoms with Gasteiger partial charge in [0.1, 0.15) is 0 Å². The number of methoxy groups -OCH3 is 1. The molecule has 10 heavy (non-hydrogen) atoms. The lowest BCUT2D eigenvalue weighted by molar-refractivity contribution is 0.172. The lowest BCUT2D eigenvalue weighted by Crippen LogP contribution is -2.31. The van der Waals surface area contributed by atoms with Crippen LogP contribution >= 0.6 is 11.6 Å². The molecule has 0 radical (unpaired) electrons. The topological polar surface area (TPSA) is 21.3 Å². The molecule has 1 atom stereocenters. The number of hydrogen-bond donors (Lipinski definition) is 1. The van der Waals surface area contributed by atoms with Crippen molar-refractivity contribution in [1.82, 2.24) is 5.32 Å². The highest BCUT2D eigenvalue weighted by Crippen LogP contribution is 1.85. The van der Waals surface area contributed by atoms with Gasteiger partial charge in [0.05, 0.1) is 6.61 Å². The van der Waals surface area contributed by atoms with Gasteiger partial charge in [-0.3, -0.25) is 0 Å². The summed E-state index contributed by atoms with van der Waals surface area (Å²) >= 11 is 5.49. The predicted octanol–water partition coefficient (Wildman–Crippen LogP) is 1.24. The van der Waals surface area contributed by atoms with Crippen LogP contribution in [-0.2, 0) is 4.74 Å². The fourth-order valence-corrected chi connectivity index (χ4v) is 0.858. The van der Waals surface area contributed by atoms with E-state index < -0.39 is 0 Å². The van der Waals surface area contributed by atoms with Crippen LogP contribution in [0.5, 0.6) is 0 Å². The first-order valence-corrected chi connectivity index (χ1v) is 4.13. The third-order valence-corrected chi connectivity index (χ3v) is 1.49. The van der Waals surface area contributed by atoms with Crippen molar-refractivity contribution in [3.8, 4) is 0 Å². The van der Waals surface area contributed by atoms with Gasteiger partial charge in [0.25, 0.3) is 0 Å². The highest BCUT2D eigenvalue weighted by Gasteiger charge is 1.97. The Labute approximate surface area is 67.9 Å². The van der Waals surface area contributed by atoms with E-state index in [1.807, 2.05) is 0 Å². The molecule has 0 amide bonds. The van der Waals surface area contributed by atoms with Crippen molar-refractivity contribution in [3.05, 3.63) is 0 Å². The van der Waals surface area contributed by atoms with E-state index in [0.717, 1.165) is 25.5 Å². The zero-order valence-electron chi connectivity index (χ0n) is 6.69. The summed E-state index contributed by atoms with van der Waals surface area (Å²) in [6, 6.07) is 0.438. The van der Waals surface area contributed by atoms with Gasteiger partial charge in [0.2, 0.25) is 0 Å². The Balaban J connectivity index is 2.97. The van der Waals surface area contributed by atoms with Crippen molar-refractivity contribution in [1.29, 1.82) is 0 Å². The summed E-state index contributed by atoms with van der Waals surface area (Å²) in [4.78, 5) is 0. The highest BCUT2D eigenvalue weighted by atomic mass is 35.5. The number of halogens is 1. The quantitative estimate of drug-likeness (QED) is 0.473. The van der Waals surface area contributed by atoms with Gasteiger partial charge in [0.15, 0.2) is 0 Å². The Morgan fingerprint density at radius 2 is 2.30 bits per heavy atom. The van der Waals surface area contributed by atoms with Crippen LogP contribution in [-0.4, -0.2) is 32.2 Å². The second-order valence-corrected chi connectivity index (χ2v) is 2.73. The van der Waals surface area contributed by atoms with E-state index in [9.17, 15) is 0 Å². The molecule has 0 aromatic carbocycles. The molecule has 1 N–H and O–H groups in total. The zero-order valence-corrected chi connectivity index (χ0v) is 7.45. The van der Waals surface area contributed by atoms with Gasteiger partial charge in [-0.1, -0.05) is 0 Å². The molecule has 3 heteroatoms. The molecule has 0 aliphatic rings. The molecule has 0 aromatic rings. The fraction of sp³-hybridized carbons (Fsp3) is 1.00. The summed E-state index contributed by atoms with van der Waals surface area (Å²) in [6.45, 7) is 3.84. The normalized spacial score (nSPS) is 13.5. The summed E-state index contributed by atoms with van der Waals surface area (Å²) in [5.74, 6) is 0.729. The van der Waals surface area contributed by atoms with Crippen LogP contribution in [0, 0.1) is 0 Å². The molecule has 0 aliphatic carbocycles. The van der Waals surface area contributed by atoms with Gasteiger partial charge >= 0.3 is 0 Å². The van der Waals surface area contributed by atoms with E-state index >= 15 is 0 Å². The zero-order chi connectivity index (χ0) is 7.82. The second kappa shape index (κ2) is 7.32. The molecule has 0 heterocycles. The van der Waals surface area contributed by atoms with Gasteiger partial charge in [-0.15, -0.1) is 11.6 Å². The monoisotopic (exact) mass is 165 g/mol. The minimum absolute atomic E-state index is 0.438. The van der Waals surface area contributed by atoms with E-state index in [2.05, 4.69) is 12.2 Å². The van der Waals surface area contributed by atoms with Crippen molar-refractivity contribution in [2.24, 2.45) is 0 Å². The standard InChI is InChI=1S/C7H16ClNO/c1-7(6-10-2)9-5-3-4-8/h7,9H,3-6H2,1-2H3. The minimum Gasteiger partial charge on any atom is -0.383 e. The fourth-order valence-electron chi connectivity index (χ4n) is 0.724. The molecule has 0 aliphatic heterocycles. The third kappa shape index (κ3) is 6.33. The summed E-state index contributed by atoms with van der Waals surface area (Å²) in [7, 11) is 1.71. The Bertz CT molecular complexity index is 70.6. The lowest BCUT2D eigenvalue weighted by atomic mass is 10.3. The van der Waals surface area contributed by atoms with Crippen LogP contribution in [0.4, 0.5) is 0 Å². The molecule has 0 aromatic heterocycles. The maximum absolute atomic E-state index is 5.49. The summed E-state index contributed by atoms with van der Waals surface area (Å²) in [6.07, 6.45) is 1.02. The highest BCUT2D eigenvalue weighted by molar-refractivity contribution is 6.17. The van der Waals surface area contributed by atoms with Crippen LogP contribution in [0.3, 0.4) is 0 Å². The van der Waals surface area contributed by atoms with Crippen molar-refractivity contribution in [2.45, 2.75) is 19.4 Å². The Morgan fingerprint density at radius 1 is 1.60 bits per heavy atom. The molecule has 62 valence electrons. The molecule has 0 fully saturated rings. The van der Waals surface area contributed by atoms with Crippen LogP contribution in [0.1, 0.15) is 13.3 Å². The van der Waals surface area contributed by atoms with E-state index in [0.29, 0.717) is 6.04 Å². The third-order valence-electron chi connectivity index (χ3n) is 1.22. The largest absolute Gasteiger partial charge is 0.383 e. The average molecular weight is 166 g/mol. The summed E-state index contributed by atoms with van der Waals surface area (Å²) in [5, 5.41) is 3.28. The first-order chi connectivity index (χ1) is 4.81. The number of alkyl halides is 1. The Kier molecular flexibility index (Phi) is 7.47. The lowest BCUT2D eigenvalue weighted by Gasteiger charge is -2.10.